The van der Waals surface area contributed by atoms with Gasteiger partial charge in [-0.3, -0.25) is 0 Å². The van der Waals surface area contributed by atoms with Gasteiger partial charge in [0.1, 0.15) is 6.04 Å². The number of aliphatic hydroxyl groups excluding tert-OH is 1. The number of aliphatic hydroxyl groups is 1. The predicted octanol–water partition coefficient (Wildman–Crippen LogP) is 3.73. The lowest BCUT2D eigenvalue weighted by Gasteiger charge is -2.43. The Balaban J connectivity index is 2.00. The van der Waals surface area contributed by atoms with Gasteiger partial charge in [-0.2, -0.15) is 0 Å². The van der Waals surface area contributed by atoms with E-state index in [1.54, 1.807) is 0 Å². The first kappa shape index (κ1) is 15.3. The summed E-state index contributed by atoms with van der Waals surface area (Å²) in [5, 5.41) is 11.0. The van der Waals surface area contributed by atoms with Gasteiger partial charge in [0.15, 0.2) is 0 Å². The molecule has 1 aliphatic carbocycles. The second kappa shape index (κ2) is 5.86. The van der Waals surface area contributed by atoms with Gasteiger partial charge in [0.25, 0.3) is 0 Å². The minimum Gasteiger partial charge on any atom is -0.388 e. The number of rotatable bonds is 3. The van der Waals surface area contributed by atoms with Gasteiger partial charge < -0.3 is 9.59 Å². The minimum atomic E-state index is -0.382. The second-order valence-corrected chi connectivity index (χ2v) is 7.32. The number of aryl methyl sites for hydroxylation is 1. The molecular formula is C20H26NO+. The summed E-state index contributed by atoms with van der Waals surface area (Å²) in [5.41, 5.74) is 3.74. The van der Waals surface area contributed by atoms with Crippen LogP contribution in [0.3, 0.4) is 0 Å². The minimum absolute atomic E-state index is 0.247. The molecule has 0 spiro atoms. The van der Waals surface area contributed by atoms with Gasteiger partial charge >= 0.3 is 0 Å². The lowest BCUT2D eigenvalue weighted by Crippen LogP contribution is -2.45. The zero-order chi connectivity index (χ0) is 15.7. The first-order valence-corrected chi connectivity index (χ1v) is 8.10. The zero-order valence-electron chi connectivity index (χ0n) is 13.7. The molecule has 0 saturated carbocycles. The largest absolute Gasteiger partial charge is 0.388 e. The van der Waals surface area contributed by atoms with Crippen molar-refractivity contribution in [2.75, 3.05) is 21.1 Å². The van der Waals surface area contributed by atoms with E-state index < -0.39 is 0 Å². The van der Waals surface area contributed by atoms with E-state index >= 15 is 0 Å². The number of hydrogen-bond acceptors (Lipinski definition) is 1. The number of quaternary nitrogens is 1. The molecule has 0 aliphatic heterocycles. The van der Waals surface area contributed by atoms with E-state index in [1.807, 2.05) is 6.07 Å². The molecule has 2 nitrogen and oxygen atoms in total. The number of hydrogen-bond donors (Lipinski definition) is 1. The van der Waals surface area contributed by atoms with Crippen LogP contribution in [0.5, 0.6) is 0 Å². The van der Waals surface area contributed by atoms with Crippen LogP contribution in [-0.4, -0.2) is 30.7 Å². The van der Waals surface area contributed by atoms with Crippen LogP contribution in [0.1, 0.15) is 35.3 Å². The summed E-state index contributed by atoms with van der Waals surface area (Å²) in [7, 11) is 6.68. The first-order chi connectivity index (χ1) is 10.5. The zero-order valence-corrected chi connectivity index (χ0v) is 13.7. The van der Waals surface area contributed by atoms with E-state index in [0.29, 0.717) is 6.04 Å². The van der Waals surface area contributed by atoms with Crippen LogP contribution in [0.4, 0.5) is 0 Å². The highest BCUT2D eigenvalue weighted by molar-refractivity contribution is 5.33. The monoisotopic (exact) mass is 296 g/mol. The smallest absolute Gasteiger partial charge is 0.120 e. The molecule has 2 aromatic carbocycles. The van der Waals surface area contributed by atoms with Crippen LogP contribution in [0.25, 0.3) is 0 Å². The highest BCUT2D eigenvalue weighted by atomic mass is 16.3. The molecule has 0 saturated heterocycles. The standard InChI is InChI=1S/C20H26NO/c1-21(2,3)19(16-10-5-4-6-11-16)18-14-13-15-9-7-8-12-17(15)20(18)22/h4-12,18-20,22H,13-14H2,1-3H3/q+1/t18-,19-,20+/m0/s1. The molecule has 1 aliphatic rings. The quantitative estimate of drug-likeness (QED) is 0.856. The summed E-state index contributed by atoms with van der Waals surface area (Å²) < 4.78 is 0.827. The van der Waals surface area contributed by atoms with Gasteiger partial charge in [-0.25, -0.2) is 0 Å². The molecule has 2 heteroatoms. The lowest BCUT2D eigenvalue weighted by molar-refractivity contribution is -0.907. The first-order valence-electron chi connectivity index (χ1n) is 8.10. The molecule has 3 rings (SSSR count). The average molecular weight is 296 g/mol. The molecule has 2 aromatic rings. The Hall–Kier alpha value is -1.64. The summed E-state index contributed by atoms with van der Waals surface area (Å²) in [4.78, 5) is 0. The van der Waals surface area contributed by atoms with Crippen molar-refractivity contribution >= 4 is 0 Å². The third-order valence-corrected chi connectivity index (χ3v) is 4.91. The molecule has 116 valence electrons. The summed E-state index contributed by atoms with van der Waals surface area (Å²) >= 11 is 0. The van der Waals surface area contributed by atoms with Gasteiger partial charge in [0, 0.05) is 11.5 Å². The van der Waals surface area contributed by atoms with Gasteiger partial charge in [-0.15, -0.1) is 0 Å². The molecule has 0 fully saturated rings. The molecule has 0 radical (unpaired) electrons. The average Bonchev–Trinajstić information content (AvgIpc) is 2.50. The molecular weight excluding hydrogens is 270 g/mol. The topological polar surface area (TPSA) is 20.2 Å². The van der Waals surface area contributed by atoms with Crippen molar-refractivity contribution in [2.24, 2.45) is 5.92 Å². The molecule has 22 heavy (non-hydrogen) atoms. The second-order valence-electron chi connectivity index (χ2n) is 7.32. The van der Waals surface area contributed by atoms with E-state index in [1.165, 1.54) is 11.1 Å². The molecule has 3 atom stereocenters. The van der Waals surface area contributed by atoms with Crippen molar-refractivity contribution in [3.05, 3.63) is 71.3 Å². The summed E-state index contributed by atoms with van der Waals surface area (Å²) in [6.45, 7) is 0. The van der Waals surface area contributed by atoms with E-state index in [2.05, 4.69) is 69.7 Å². The van der Waals surface area contributed by atoms with Crippen molar-refractivity contribution < 1.29 is 9.59 Å². The number of nitrogens with zero attached hydrogens (tertiary/aromatic N) is 1. The van der Waals surface area contributed by atoms with Gasteiger partial charge in [0.2, 0.25) is 0 Å². The fraction of sp³-hybridized carbons (Fsp3) is 0.400. The molecule has 0 aromatic heterocycles. The Kier molecular flexibility index (Phi) is 4.07. The third kappa shape index (κ3) is 2.81. The van der Waals surface area contributed by atoms with Crippen LogP contribution in [0, 0.1) is 5.92 Å². The highest BCUT2D eigenvalue weighted by Gasteiger charge is 2.41. The van der Waals surface area contributed by atoms with Crippen LogP contribution >= 0.6 is 0 Å². The third-order valence-electron chi connectivity index (χ3n) is 4.91. The van der Waals surface area contributed by atoms with Crippen LogP contribution < -0.4 is 0 Å². The Morgan fingerprint density at radius 2 is 1.59 bits per heavy atom. The van der Waals surface area contributed by atoms with Crippen molar-refractivity contribution in [2.45, 2.75) is 25.0 Å². The molecule has 0 unspecified atom stereocenters. The van der Waals surface area contributed by atoms with Gasteiger partial charge in [-0.1, -0.05) is 54.6 Å². The molecule has 0 amide bonds. The summed E-state index contributed by atoms with van der Waals surface area (Å²) in [6, 6.07) is 19.3. The predicted molar refractivity (Wildman–Crippen MR) is 90.4 cm³/mol. The van der Waals surface area contributed by atoms with E-state index in [9.17, 15) is 5.11 Å². The van der Waals surface area contributed by atoms with Crippen molar-refractivity contribution in [3.63, 3.8) is 0 Å². The Morgan fingerprint density at radius 3 is 2.27 bits per heavy atom. The van der Waals surface area contributed by atoms with Crippen LogP contribution in [0.15, 0.2) is 54.6 Å². The Bertz CT molecular complexity index is 630. The van der Waals surface area contributed by atoms with Crippen molar-refractivity contribution in [1.29, 1.82) is 0 Å². The fourth-order valence-electron chi connectivity index (χ4n) is 4.01. The molecule has 0 heterocycles. The maximum absolute atomic E-state index is 11.0. The van der Waals surface area contributed by atoms with Crippen LogP contribution in [-0.2, 0) is 6.42 Å². The Labute approximate surface area is 133 Å². The maximum Gasteiger partial charge on any atom is 0.120 e. The van der Waals surface area contributed by atoms with Gasteiger partial charge in [0.05, 0.1) is 27.2 Å². The SMILES string of the molecule is C[N+](C)(C)[C@@H](c1ccccc1)[C@@H]1CCc2ccccc2[C@H]1O. The molecule has 0 bridgehead atoms. The highest BCUT2D eigenvalue weighted by Crippen LogP contribution is 2.44. The van der Waals surface area contributed by atoms with Crippen molar-refractivity contribution in [1.82, 2.24) is 0 Å². The Morgan fingerprint density at radius 1 is 0.955 bits per heavy atom. The van der Waals surface area contributed by atoms with E-state index in [0.717, 1.165) is 22.9 Å². The summed E-state index contributed by atoms with van der Waals surface area (Å²) in [6.07, 6.45) is 1.71. The molecule has 1 N–H and O–H groups in total. The lowest BCUT2D eigenvalue weighted by atomic mass is 9.75. The van der Waals surface area contributed by atoms with Crippen LogP contribution in [0.2, 0.25) is 0 Å². The maximum atomic E-state index is 11.0. The van der Waals surface area contributed by atoms with Gasteiger partial charge in [-0.05, 0) is 24.0 Å². The fourth-order valence-corrected chi connectivity index (χ4v) is 4.01. The number of fused-ring (bicyclic) bond motifs is 1. The van der Waals surface area contributed by atoms with Crippen molar-refractivity contribution in [3.8, 4) is 0 Å². The normalized spacial score (nSPS) is 22.9. The van der Waals surface area contributed by atoms with E-state index in [-0.39, 0.29) is 12.0 Å². The summed E-state index contributed by atoms with van der Waals surface area (Å²) in [5.74, 6) is 0.247. The number of benzene rings is 2. The van der Waals surface area contributed by atoms with E-state index in [4.69, 9.17) is 0 Å².